The number of carbonyl (C=O) groups excluding carboxylic acids is 3. The van der Waals surface area contributed by atoms with Gasteiger partial charge in [-0.3, -0.25) is 14.4 Å². The topological polar surface area (TPSA) is 96.5 Å². The van der Waals surface area contributed by atoms with Gasteiger partial charge in [-0.05, 0) is 79.2 Å². The molecule has 4 aromatic carbocycles. The van der Waals surface area contributed by atoms with Crippen LogP contribution in [-0.4, -0.2) is 30.1 Å². The predicted molar refractivity (Wildman–Crippen MR) is 168 cm³/mol. The van der Waals surface area contributed by atoms with Crippen LogP contribution in [0.3, 0.4) is 0 Å². The third kappa shape index (κ3) is 8.55. The molecule has 1 unspecified atom stereocenters. The normalized spacial score (nSPS) is 11.8. The minimum absolute atomic E-state index is 0.0273. The van der Waals surface area contributed by atoms with Gasteiger partial charge in [0.1, 0.15) is 17.3 Å². The zero-order chi connectivity index (χ0) is 30.1. The fourth-order valence-corrected chi connectivity index (χ4v) is 5.03. The molecule has 0 aromatic heterocycles. The second-order valence-electron chi connectivity index (χ2n) is 9.01. The number of thioether (sulfide) groups is 1. The number of hydrogen-bond donors (Lipinski definition) is 3. The van der Waals surface area contributed by atoms with Crippen molar-refractivity contribution in [3.05, 3.63) is 124 Å². The molecular formula is C32H27BrFN3O4S. The predicted octanol–water partition coefficient (Wildman–Crippen LogP) is 7.13. The molecule has 3 N–H and O–H groups in total. The number of nitrogens with one attached hydrogen (secondary N) is 3. The van der Waals surface area contributed by atoms with Crippen LogP contribution in [0, 0.1) is 5.82 Å². The number of carbonyl (C=O) groups is 3. The van der Waals surface area contributed by atoms with Crippen molar-refractivity contribution in [3.63, 3.8) is 0 Å². The molecule has 0 aliphatic carbocycles. The number of rotatable bonds is 10. The Kier molecular flexibility index (Phi) is 10.5. The summed E-state index contributed by atoms with van der Waals surface area (Å²) in [7, 11) is 1.54. The molecule has 42 heavy (non-hydrogen) atoms. The van der Waals surface area contributed by atoms with Crippen molar-refractivity contribution >= 4 is 62.9 Å². The van der Waals surface area contributed by atoms with Gasteiger partial charge in [0.25, 0.3) is 11.8 Å². The highest BCUT2D eigenvalue weighted by atomic mass is 79.9. The summed E-state index contributed by atoms with van der Waals surface area (Å²) < 4.78 is 20.0. The van der Waals surface area contributed by atoms with E-state index in [1.807, 2.05) is 0 Å². The van der Waals surface area contributed by atoms with E-state index < -0.39 is 22.9 Å². The number of halogens is 2. The first-order valence-corrected chi connectivity index (χ1v) is 14.5. The highest BCUT2D eigenvalue weighted by molar-refractivity contribution is 9.10. The van der Waals surface area contributed by atoms with Gasteiger partial charge in [0.15, 0.2) is 0 Å². The highest BCUT2D eigenvalue weighted by Crippen LogP contribution is 2.28. The van der Waals surface area contributed by atoms with Gasteiger partial charge in [0.05, 0.1) is 18.0 Å². The summed E-state index contributed by atoms with van der Waals surface area (Å²) in [5.74, 6) is -1.30. The van der Waals surface area contributed by atoms with Crippen LogP contribution in [0.25, 0.3) is 6.08 Å². The van der Waals surface area contributed by atoms with Crippen LogP contribution in [0.4, 0.5) is 15.8 Å². The molecule has 0 spiro atoms. The maximum absolute atomic E-state index is 14.2. The molecule has 0 heterocycles. The zero-order valence-corrected chi connectivity index (χ0v) is 25.1. The molecule has 0 aliphatic heterocycles. The summed E-state index contributed by atoms with van der Waals surface area (Å²) in [4.78, 5) is 39.7. The lowest BCUT2D eigenvalue weighted by Crippen LogP contribution is -2.30. The van der Waals surface area contributed by atoms with E-state index in [-0.39, 0.29) is 17.3 Å². The largest absolute Gasteiger partial charge is 0.497 e. The summed E-state index contributed by atoms with van der Waals surface area (Å²) in [5.41, 5.74) is 1.63. The lowest BCUT2D eigenvalue weighted by Gasteiger charge is -2.14. The smallest absolute Gasteiger partial charge is 0.272 e. The molecule has 0 bridgehead atoms. The zero-order valence-electron chi connectivity index (χ0n) is 22.7. The Hall–Kier alpha value is -4.41. The van der Waals surface area contributed by atoms with E-state index >= 15 is 0 Å². The Morgan fingerprint density at radius 1 is 0.905 bits per heavy atom. The van der Waals surface area contributed by atoms with Gasteiger partial charge in [-0.1, -0.05) is 52.3 Å². The van der Waals surface area contributed by atoms with Crippen LogP contribution in [-0.2, 0) is 9.59 Å². The maximum atomic E-state index is 14.2. The van der Waals surface area contributed by atoms with Crippen molar-refractivity contribution in [2.24, 2.45) is 0 Å². The van der Waals surface area contributed by atoms with E-state index in [9.17, 15) is 18.8 Å². The molecule has 10 heteroatoms. The van der Waals surface area contributed by atoms with Crippen LogP contribution >= 0.6 is 27.7 Å². The molecule has 0 saturated carbocycles. The van der Waals surface area contributed by atoms with E-state index in [0.717, 1.165) is 0 Å². The molecule has 0 aliphatic rings. The van der Waals surface area contributed by atoms with Crippen molar-refractivity contribution in [2.75, 3.05) is 17.7 Å². The average molecular weight is 649 g/mol. The molecular weight excluding hydrogens is 621 g/mol. The van der Waals surface area contributed by atoms with Crippen LogP contribution in [0.1, 0.15) is 22.8 Å². The van der Waals surface area contributed by atoms with Gasteiger partial charge in [-0.15, -0.1) is 11.8 Å². The number of anilines is 2. The third-order valence-electron chi connectivity index (χ3n) is 5.90. The Bertz CT molecular complexity index is 1630. The number of amides is 3. The van der Waals surface area contributed by atoms with Gasteiger partial charge >= 0.3 is 0 Å². The second kappa shape index (κ2) is 14.5. The van der Waals surface area contributed by atoms with E-state index in [1.165, 1.54) is 23.9 Å². The summed E-state index contributed by atoms with van der Waals surface area (Å²) in [6.45, 7) is 1.70. The Morgan fingerprint density at radius 3 is 2.40 bits per heavy atom. The number of ether oxygens (including phenoxy) is 1. The molecule has 0 saturated heterocycles. The molecule has 214 valence electrons. The van der Waals surface area contributed by atoms with Crippen LogP contribution in [0.5, 0.6) is 5.75 Å². The average Bonchev–Trinajstić information content (AvgIpc) is 2.98. The van der Waals surface area contributed by atoms with Gasteiger partial charge in [0.2, 0.25) is 5.91 Å². The van der Waals surface area contributed by atoms with Crippen molar-refractivity contribution in [3.8, 4) is 5.75 Å². The Morgan fingerprint density at radius 2 is 1.67 bits per heavy atom. The lowest BCUT2D eigenvalue weighted by molar-refractivity contribution is -0.115. The summed E-state index contributed by atoms with van der Waals surface area (Å²) in [6, 6.07) is 27.0. The third-order valence-corrected chi connectivity index (χ3v) is 7.48. The van der Waals surface area contributed by atoms with Crippen molar-refractivity contribution in [2.45, 2.75) is 17.1 Å². The first kappa shape index (κ1) is 30.5. The van der Waals surface area contributed by atoms with Crippen molar-refractivity contribution in [1.82, 2.24) is 5.32 Å². The van der Waals surface area contributed by atoms with Crippen LogP contribution < -0.4 is 20.7 Å². The summed E-state index contributed by atoms with van der Waals surface area (Å²) >= 11 is 4.45. The van der Waals surface area contributed by atoms with E-state index in [0.29, 0.717) is 31.9 Å². The van der Waals surface area contributed by atoms with Gasteiger partial charge < -0.3 is 20.7 Å². The number of methoxy groups -OCH3 is 1. The summed E-state index contributed by atoms with van der Waals surface area (Å²) in [6.07, 6.45) is 1.56. The molecule has 1 atom stereocenters. The molecule has 0 radical (unpaired) electrons. The first-order valence-electron chi connectivity index (χ1n) is 12.8. The second-order valence-corrected chi connectivity index (χ2v) is 11.3. The molecule has 7 nitrogen and oxygen atoms in total. The van der Waals surface area contributed by atoms with Crippen molar-refractivity contribution < 1.29 is 23.5 Å². The Balaban J connectivity index is 1.49. The number of hydrogen-bond acceptors (Lipinski definition) is 5. The highest BCUT2D eigenvalue weighted by Gasteiger charge is 2.18. The van der Waals surface area contributed by atoms with Gasteiger partial charge in [0, 0.05) is 20.6 Å². The minimum atomic E-state index is -0.562. The van der Waals surface area contributed by atoms with Crippen LogP contribution in [0.2, 0.25) is 0 Å². The summed E-state index contributed by atoms with van der Waals surface area (Å²) in [5, 5.41) is 7.57. The lowest BCUT2D eigenvalue weighted by atomic mass is 10.1. The molecule has 0 fully saturated rings. The monoisotopic (exact) mass is 647 g/mol. The molecule has 4 rings (SSSR count). The standard InChI is InChI=1S/C32H27BrFN3O4S/c1-20(30(38)36-28-15-14-23(33)18-27(28)34)42-26-13-7-11-24(19-26)35-32(40)29(17-21-8-6-12-25(16-21)41-2)37-31(39)22-9-4-3-5-10-22/h3-20H,1-2H3,(H,35,40)(H,36,38)(H,37,39)/b29-17-. The SMILES string of the molecule is COc1cccc(/C=C(\NC(=O)c2ccccc2)C(=O)Nc2cccc(SC(C)C(=O)Nc3ccc(Br)cc3F)c2)c1. The fraction of sp³-hybridized carbons (Fsp3) is 0.0938. The van der Waals surface area contributed by atoms with Crippen LogP contribution in [0.15, 0.2) is 112 Å². The van der Waals surface area contributed by atoms with Gasteiger partial charge in [-0.2, -0.15) is 0 Å². The van der Waals surface area contributed by atoms with E-state index in [1.54, 1.807) is 105 Å². The maximum Gasteiger partial charge on any atom is 0.272 e. The first-order chi connectivity index (χ1) is 20.2. The quantitative estimate of drug-likeness (QED) is 0.126. The molecule has 4 aromatic rings. The van der Waals surface area contributed by atoms with Gasteiger partial charge in [-0.25, -0.2) is 4.39 Å². The van der Waals surface area contributed by atoms with Crippen molar-refractivity contribution in [1.29, 1.82) is 0 Å². The number of benzene rings is 4. The fourth-order valence-electron chi connectivity index (χ4n) is 3.77. The minimum Gasteiger partial charge on any atom is -0.497 e. The van der Waals surface area contributed by atoms with E-state index in [2.05, 4.69) is 31.9 Å². The van der Waals surface area contributed by atoms with E-state index in [4.69, 9.17) is 4.74 Å². The molecule has 3 amide bonds. The Labute approximate surface area is 255 Å².